The van der Waals surface area contributed by atoms with Gasteiger partial charge in [0.05, 0.1) is 19.3 Å². The van der Waals surface area contributed by atoms with Crippen LogP contribution in [0, 0.1) is 6.92 Å². The van der Waals surface area contributed by atoms with Crippen LogP contribution in [0.1, 0.15) is 44.3 Å². The van der Waals surface area contributed by atoms with Crippen LogP contribution in [-0.2, 0) is 4.74 Å². The molecule has 0 aromatic carbocycles. The molecule has 0 radical (unpaired) electrons. The number of guanidine groups is 1. The Hall–Kier alpha value is -0.840. The third kappa shape index (κ3) is 6.83. The van der Waals surface area contributed by atoms with E-state index in [2.05, 4.69) is 51.4 Å². The van der Waals surface area contributed by atoms with Gasteiger partial charge in [-0.3, -0.25) is 14.8 Å². The van der Waals surface area contributed by atoms with Gasteiger partial charge in [-0.15, -0.1) is 24.0 Å². The number of nitrogens with zero attached hydrogens (tertiary/aromatic N) is 3. The average molecular weight is 519 g/mol. The van der Waals surface area contributed by atoms with Gasteiger partial charge in [0.15, 0.2) is 5.96 Å². The van der Waals surface area contributed by atoms with Crippen LogP contribution in [0.3, 0.4) is 0 Å². The first kappa shape index (κ1) is 24.4. The molecule has 0 bridgehead atoms. The Morgan fingerprint density at radius 2 is 1.83 bits per heavy atom. The van der Waals surface area contributed by atoms with Gasteiger partial charge in [-0.05, 0) is 58.8 Å². The zero-order chi connectivity index (χ0) is 20.0. The zero-order valence-corrected chi connectivity index (χ0v) is 20.7. The molecule has 1 unspecified atom stereocenters. The Morgan fingerprint density at radius 1 is 1.14 bits per heavy atom. The smallest absolute Gasteiger partial charge is 0.191 e. The van der Waals surface area contributed by atoms with Crippen molar-refractivity contribution in [2.24, 2.45) is 4.99 Å². The fraction of sp³-hybridized carbons (Fsp3) is 0.762. The highest BCUT2D eigenvalue weighted by molar-refractivity contribution is 14.0. The average Bonchev–Trinajstić information content (AvgIpc) is 3.37. The Bertz CT molecular complexity index is 637. The van der Waals surface area contributed by atoms with E-state index in [1.54, 1.807) is 0 Å². The van der Waals surface area contributed by atoms with Crippen LogP contribution in [0.15, 0.2) is 21.5 Å². The van der Waals surface area contributed by atoms with E-state index < -0.39 is 0 Å². The SMILES string of the molecule is CN=C(NCC(c1ccc(C)o1)N1CCCC1)NCC(C)(C)N1CCOCC1.I. The number of hydrogen-bond acceptors (Lipinski definition) is 5. The summed E-state index contributed by atoms with van der Waals surface area (Å²) in [6.45, 7) is 14.0. The van der Waals surface area contributed by atoms with Gasteiger partial charge in [-0.1, -0.05) is 0 Å². The van der Waals surface area contributed by atoms with Gasteiger partial charge in [0, 0.05) is 38.8 Å². The first-order valence-corrected chi connectivity index (χ1v) is 10.6. The van der Waals surface area contributed by atoms with Gasteiger partial charge in [0.25, 0.3) is 0 Å². The van der Waals surface area contributed by atoms with Crippen molar-refractivity contribution in [3.63, 3.8) is 0 Å². The molecule has 2 aliphatic rings. The molecule has 3 heterocycles. The molecule has 29 heavy (non-hydrogen) atoms. The lowest BCUT2D eigenvalue weighted by Crippen LogP contribution is -2.56. The Kier molecular flexibility index (Phi) is 9.71. The lowest BCUT2D eigenvalue weighted by atomic mass is 10.0. The van der Waals surface area contributed by atoms with Crippen LogP contribution in [0.5, 0.6) is 0 Å². The second-order valence-corrected chi connectivity index (χ2v) is 8.43. The largest absolute Gasteiger partial charge is 0.465 e. The van der Waals surface area contributed by atoms with Crippen molar-refractivity contribution in [2.45, 2.75) is 45.2 Å². The minimum atomic E-state index is 0. The molecule has 0 amide bonds. The summed E-state index contributed by atoms with van der Waals surface area (Å²) in [5.41, 5.74) is 0.0495. The maximum absolute atomic E-state index is 5.96. The second-order valence-electron chi connectivity index (χ2n) is 8.43. The molecule has 0 spiro atoms. The van der Waals surface area contributed by atoms with Crippen molar-refractivity contribution in [1.29, 1.82) is 0 Å². The van der Waals surface area contributed by atoms with E-state index in [4.69, 9.17) is 9.15 Å². The molecule has 0 aliphatic carbocycles. The second kappa shape index (κ2) is 11.5. The molecule has 2 N–H and O–H groups in total. The molecule has 3 rings (SSSR count). The van der Waals surface area contributed by atoms with E-state index in [0.29, 0.717) is 0 Å². The number of hydrogen-bond donors (Lipinski definition) is 2. The highest BCUT2D eigenvalue weighted by Crippen LogP contribution is 2.26. The first-order chi connectivity index (χ1) is 13.5. The molecule has 0 saturated carbocycles. The van der Waals surface area contributed by atoms with Crippen LogP contribution in [-0.4, -0.2) is 80.8 Å². The van der Waals surface area contributed by atoms with Crippen molar-refractivity contribution in [1.82, 2.24) is 20.4 Å². The molecule has 1 aromatic rings. The van der Waals surface area contributed by atoms with Crippen LogP contribution in [0.4, 0.5) is 0 Å². The normalized spacial score (nSPS) is 20.3. The third-order valence-corrected chi connectivity index (χ3v) is 5.91. The number of likely N-dealkylation sites (tertiary alicyclic amines) is 1. The molecular weight excluding hydrogens is 481 g/mol. The standard InChI is InChI=1S/C21H37N5O2.HI/c1-17-7-8-19(28-17)18(25-9-5-6-10-25)15-23-20(22-4)24-16-21(2,3)26-11-13-27-14-12-26;/h7-8,18H,5-6,9-16H2,1-4H3,(H2,22,23,24);1H. The van der Waals surface area contributed by atoms with Gasteiger partial charge < -0.3 is 19.8 Å². The number of furan rings is 1. The van der Waals surface area contributed by atoms with Crippen molar-refractivity contribution < 1.29 is 9.15 Å². The molecule has 1 atom stereocenters. The van der Waals surface area contributed by atoms with E-state index in [9.17, 15) is 0 Å². The number of ether oxygens (including phenoxy) is 1. The summed E-state index contributed by atoms with van der Waals surface area (Å²) >= 11 is 0. The molecule has 1 aromatic heterocycles. The molecule has 166 valence electrons. The van der Waals surface area contributed by atoms with Crippen molar-refractivity contribution in [2.75, 3.05) is 59.5 Å². The molecule has 2 fully saturated rings. The predicted molar refractivity (Wildman–Crippen MR) is 128 cm³/mol. The van der Waals surface area contributed by atoms with E-state index in [1.807, 2.05) is 14.0 Å². The predicted octanol–water partition coefficient (Wildman–Crippen LogP) is 2.62. The van der Waals surface area contributed by atoms with Crippen LogP contribution < -0.4 is 10.6 Å². The summed E-state index contributed by atoms with van der Waals surface area (Å²) in [6, 6.07) is 4.40. The lowest BCUT2D eigenvalue weighted by Gasteiger charge is -2.41. The van der Waals surface area contributed by atoms with Crippen LogP contribution in [0.25, 0.3) is 0 Å². The number of halogens is 1. The summed E-state index contributed by atoms with van der Waals surface area (Å²) in [4.78, 5) is 9.43. The summed E-state index contributed by atoms with van der Waals surface area (Å²) < 4.78 is 11.4. The topological polar surface area (TPSA) is 65.3 Å². The Morgan fingerprint density at radius 3 is 2.41 bits per heavy atom. The minimum Gasteiger partial charge on any atom is -0.465 e. The number of aliphatic imine (C=N–C) groups is 1. The van der Waals surface area contributed by atoms with E-state index >= 15 is 0 Å². The monoisotopic (exact) mass is 519 g/mol. The van der Waals surface area contributed by atoms with Crippen LogP contribution >= 0.6 is 24.0 Å². The van der Waals surface area contributed by atoms with Gasteiger partial charge in [0.2, 0.25) is 0 Å². The molecule has 7 nitrogen and oxygen atoms in total. The fourth-order valence-electron chi connectivity index (χ4n) is 4.09. The summed E-state index contributed by atoms with van der Waals surface area (Å²) in [5.74, 6) is 2.85. The van der Waals surface area contributed by atoms with Gasteiger partial charge in [0.1, 0.15) is 11.5 Å². The van der Waals surface area contributed by atoms with Gasteiger partial charge in [-0.2, -0.15) is 0 Å². The number of morpholine rings is 1. The van der Waals surface area contributed by atoms with Crippen LogP contribution in [0.2, 0.25) is 0 Å². The Labute approximate surface area is 192 Å². The van der Waals surface area contributed by atoms with E-state index in [-0.39, 0.29) is 35.6 Å². The molecule has 8 heteroatoms. The number of nitrogens with one attached hydrogen (secondary N) is 2. The number of aryl methyl sites for hydroxylation is 1. The van der Waals surface area contributed by atoms with E-state index in [0.717, 1.165) is 70.0 Å². The summed E-state index contributed by atoms with van der Waals surface area (Å²) in [5, 5.41) is 7.04. The fourth-order valence-corrected chi connectivity index (χ4v) is 4.09. The maximum Gasteiger partial charge on any atom is 0.191 e. The molecule has 2 aliphatic heterocycles. The first-order valence-electron chi connectivity index (χ1n) is 10.6. The summed E-state index contributed by atoms with van der Waals surface area (Å²) in [6.07, 6.45) is 2.52. The maximum atomic E-state index is 5.96. The highest BCUT2D eigenvalue weighted by atomic mass is 127. The molecule has 2 saturated heterocycles. The highest BCUT2D eigenvalue weighted by Gasteiger charge is 2.29. The van der Waals surface area contributed by atoms with Crippen molar-refractivity contribution in [3.05, 3.63) is 23.7 Å². The number of rotatable bonds is 7. The minimum absolute atomic E-state index is 0. The Balaban J connectivity index is 0.00000300. The quantitative estimate of drug-likeness (QED) is 0.328. The van der Waals surface area contributed by atoms with Gasteiger partial charge in [-0.25, -0.2) is 0 Å². The zero-order valence-electron chi connectivity index (χ0n) is 18.4. The van der Waals surface area contributed by atoms with Crippen molar-refractivity contribution in [3.8, 4) is 0 Å². The molecular formula is C21H38IN5O2. The van der Waals surface area contributed by atoms with E-state index in [1.165, 1.54) is 12.8 Å². The summed E-state index contributed by atoms with van der Waals surface area (Å²) in [7, 11) is 1.83. The van der Waals surface area contributed by atoms with Gasteiger partial charge >= 0.3 is 0 Å². The lowest BCUT2D eigenvalue weighted by molar-refractivity contribution is -0.00834. The third-order valence-electron chi connectivity index (χ3n) is 5.91. The van der Waals surface area contributed by atoms with Crippen molar-refractivity contribution >= 4 is 29.9 Å².